The number of halogens is 2. The van der Waals surface area contributed by atoms with Crippen molar-refractivity contribution in [1.82, 2.24) is 0 Å². The van der Waals surface area contributed by atoms with Crippen molar-refractivity contribution in [3.63, 3.8) is 0 Å². The smallest absolute Gasteiger partial charge is 0.277 e. The number of hydrogen-bond acceptors (Lipinski definition) is 1. The maximum Gasteiger partial charge on any atom is 0.277 e. The van der Waals surface area contributed by atoms with Gasteiger partial charge in [0.2, 0.25) is 0 Å². The fourth-order valence-electron chi connectivity index (χ4n) is 1.62. The number of allylic oxidation sites excluding steroid dienone is 1. The lowest BCUT2D eigenvalue weighted by atomic mass is 9.86. The second kappa shape index (κ2) is 3.13. The summed E-state index contributed by atoms with van der Waals surface area (Å²) in [6.07, 6.45) is -0.582. The molecule has 1 rings (SSSR count). The maximum absolute atomic E-state index is 12.9. The lowest BCUT2D eigenvalue weighted by molar-refractivity contribution is -0.102. The van der Waals surface area contributed by atoms with Gasteiger partial charge in [-0.3, -0.25) is 0 Å². The van der Waals surface area contributed by atoms with Crippen LogP contribution in [0.15, 0.2) is 11.1 Å². The van der Waals surface area contributed by atoms with Gasteiger partial charge in [0, 0.05) is 6.42 Å². The molecule has 0 radical (unpaired) electrons. The van der Waals surface area contributed by atoms with Crippen LogP contribution in [0, 0.1) is 0 Å². The molecule has 0 saturated heterocycles. The molecule has 0 aromatic heterocycles. The third kappa shape index (κ3) is 1.51. The molecule has 12 heavy (non-hydrogen) atoms. The van der Waals surface area contributed by atoms with E-state index in [1.807, 2.05) is 6.92 Å². The minimum Gasteiger partial charge on any atom is -0.382 e. The molecule has 1 N–H and O–H groups in total. The molecule has 1 aliphatic carbocycles. The summed E-state index contributed by atoms with van der Waals surface area (Å²) >= 11 is 0. The highest BCUT2D eigenvalue weighted by Crippen LogP contribution is 2.37. The van der Waals surface area contributed by atoms with Crippen LogP contribution in [0.25, 0.3) is 0 Å². The Morgan fingerprint density at radius 1 is 1.58 bits per heavy atom. The highest BCUT2D eigenvalue weighted by Gasteiger charge is 2.42. The van der Waals surface area contributed by atoms with Gasteiger partial charge in [-0.25, -0.2) is 8.78 Å². The Morgan fingerprint density at radius 2 is 2.17 bits per heavy atom. The molecule has 0 spiro atoms. The van der Waals surface area contributed by atoms with Crippen molar-refractivity contribution in [2.75, 3.05) is 0 Å². The van der Waals surface area contributed by atoms with Crippen molar-refractivity contribution in [2.24, 2.45) is 0 Å². The second-order valence-electron chi connectivity index (χ2n) is 3.30. The first-order valence-corrected chi connectivity index (χ1v) is 4.23. The van der Waals surface area contributed by atoms with Crippen LogP contribution in [0.2, 0.25) is 0 Å². The van der Waals surface area contributed by atoms with Gasteiger partial charge in [-0.05, 0) is 25.3 Å². The van der Waals surface area contributed by atoms with E-state index in [4.69, 9.17) is 0 Å². The fourth-order valence-corrected chi connectivity index (χ4v) is 1.62. The molecular weight excluding hydrogens is 162 g/mol. The Labute approximate surface area is 71.1 Å². The summed E-state index contributed by atoms with van der Waals surface area (Å²) in [4.78, 5) is 0. The highest BCUT2D eigenvalue weighted by molar-refractivity contribution is 5.22. The topological polar surface area (TPSA) is 20.2 Å². The molecule has 0 amide bonds. The SMILES string of the molecule is CCC1=C(C)C(O)C(F)(F)CC1. The molecule has 0 saturated carbocycles. The normalized spacial score (nSPS) is 29.2. The molecule has 1 atom stereocenters. The fraction of sp³-hybridized carbons (Fsp3) is 0.778. The van der Waals surface area contributed by atoms with Crippen molar-refractivity contribution >= 4 is 0 Å². The Balaban J connectivity index is 2.90. The molecule has 1 unspecified atom stereocenters. The van der Waals surface area contributed by atoms with E-state index in [2.05, 4.69) is 0 Å². The van der Waals surface area contributed by atoms with Crippen LogP contribution < -0.4 is 0 Å². The predicted octanol–water partition coefficient (Wildman–Crippen LogP) is 2.50. The summed E-state index contributed by atoms with van der Waals surface area (Å²) in [5, 5.41) is 9.20. The summed E-state index contributed by atoms with van der Waals surface area (Å²) in [6, 6.07) is 0. The van der Waals surface area contributed by atoms with E-state index in [1.165, 1.54) is 0 Å². The van der Waals surface area contributed by atoms with Crippen molar-refractivity contribution < 1.29 is 13.9 Å². The minimum atomic E-state index is -2.91. The molecule has 0 aromatic rings. The standard InChI is InChI=1S/C9H14F2O/c1-3-7-4-5-9(10,11)8(12)6(7)2/h8,12H,3-5H2,1-2H3. The first kappa shape index (κ1) is 9.65. The van der Waals surface area contributed by atoms with Gasteiger partial charge in [0.05, 0.1) is 0 Å². The number of alkyl halides is 2. The van der Waals surface area contributed by atoms with Crippen LogP contribution in [0.1, 0.15) is 33.1 Å². The third-order valence-corrected chi connectivity index (χ3v) is 2.55. The molecule has 0 aliphatic heterocycles. The molecular formula is C9H14F2O. The molecule has 0 bridgehead atoms. The van der Waals surface area contributed by atoms with E-state index in [1.54, 1.807) is 6.92 Å². The van der Waals surface area contributed by atoms with Crippen LogP contribution in [-0.4, -0.2) is 17.1 Å². The third-order valence-electron chi connectivity index (χ3n) is 2.55. The summed E-state index contributed by atoms with van der Waals surface area (Å²) in [5.74, 6) is -2.91. The van der Waals surface area contributed by atoms with E-state index >= 15 is 0 Å². The molecule has 70 valence electrons. The van der Waals surface area contributed by atoms with Crippen molar-refractivity contribution in [3.05, 3.63) is 11.1 Å². The number of hydrogen-bond donors (Lipinski definition) is 1. The van der Waals surface area contributed by atoms with Gasteiger partial charge in [0.1, 0.15) is 6.10 Å². The van der Waals surface area contributed by atoms with E-state index < -0.39 is 12.0 Å². The van der Waals surface area contributed by atoms with E-state index in [9.17, 15) is 13.9 Å². The lowest BCUT2D eigenvalue weighted by Gasteiger charge is -2.30. The number of rotatable bonds is 1. The van der Waals surface area contributed by atoms with E-state index in [0.29, 0.717) is 12.0 Å². The van der Waals surface area contributed by atoms with Crippen LogP contribution in [0.3, 0.4) is 0 Å². The van der Waals surface area contributed by atoms with Crippen LogP contribution in [0.5, 0.6) is 0 Å². The Hall–Kier alpha value is -0.440. The van der Waals surface area contributed by atoms with Crippen molar-refractivity contribution in [2.45, 2.75) is 45.1 Å². The zero-order valence-corrected chi connectivity index (χ0v) is 7.40. The van der Waals surface area contributed by atoms with Crippen LogP contribution >= 0.6 is 0 Å². The summed E-state index contributed by atoms with van der Waals surface area (Å²) in [7, 11) is 0. The van der Waals surface area contributed by atoms with Gasteiger partial charge < -0.3 is 5.11 Å². The molecule has 3 heteroatoms. The van der Waals surface area contributed by atoms with Gasteiger partial charge in [-0.2, -0.15) is 0 Å². The number of aliphatic hydroxyl groups is 1. The van der Waals surface area contributed by atoms with Crippen LogP contribution in [-0.2, 0) is 0 Å². The molecule has 0 fully saturated rings. The quantitative estimate of drug-likeness (QED) is 0.608. The number of aliphatic hydroxyl groups excluding tert-OH is 1. The zero-order chi connectivity index (χ0) is 9.35. The van der Waals surface area contributed by atoms with Gasteiger partial charge in [0.25, 0.3) is 5.92 Å². The van der Waals surface area contributed by atoms with E-state index in [0.717, 1.165) is 12.0 Å². The molecule has 1 nitrogen and oxygen atoms in total. The zero-order valence-electron chi connectivity index (χ0n) is 7.40. The Kier molecular flexibility index (Phi) is 2.52. The first-order valence-electron chi connectivity index (χ1n) is 4.23. The molecule has 0 aromatic carbocycles. The average Bonchev–Trinajstić information content (AvgIpc) is 2.01. The highest BCUT2D eigenvalue weighted by atomic mass is 19.3. The predicted molar refractivity (Wildman–Crippen MR) is 43.2 cm³/mol. The second-order valence-corrected chi connectivity index (χ2v) is 3.30. The molecule has 1 aliphatic rings. The summed E-state index contributed by atoms with van der Waals surface area (Å²) in [5.41, 5.74) is 1.45. The minimum absolute atomic E-state index is 0.214. The monoisotopic (exact) mass is 176 g/mol. The lowest BCUT2D eigenvalue weighted by Crippen LogP contribution is -2.37. The maximum atomic E-state index is 12.9. The Bertz CT molecular complexity index is 209. The summed E-state index contributed by atoms with van der Waals surface area (Å²) in [6.45, 7) is 3.52. The van der Waals surface area contributed by atoms with Gasteiger partial charge in [-0.1, -0.05) is 12.5 Å². The van der Waals surface area contributed by atoms with Crippen molar-refractivity contribution in [1.29, 1.82) is 0 Å². The van der Waals surface area contributed by atoms with Crippen LogP contribution in [0.4, 0.5) is 8.78 Å². The largest absolute Gasteiger partial charge is 0.382 e. The van der Waals surface area contributed by atoms with Gasteiger partial charge >= 0.3 is 0 Å². The first-order chi connectivity index (χ1) is 5.49. The summed E-state index contributed by atoms with van der Waals surface area (Å²) < 4.78 is 25.7. The van der Waals surface area contributed by atoms with E-state index in [-0.39, 0.29) is 6.42 Å². The Morgan fingerprint density at radius 3 is 2.67 bits per heavy atom. The molecule has 0 heterocycles. The van der Waals surface area contributed by atoms with Gasteiger partial charge in [-0.15, -0.1) is 0 Å². The van der Waals surface area contributed by atoms with Gasteiger partial charge in [0.15, 0.2) is 0 Å². The van der Waals surface area contributed by atoms with Crippen molar-refractivity contribution in [3.8, 4) is 0 Å². The average molecular weight is 176 g/mol.